The van der Waals surface area contributed by atoms with E-state index in [-0.39, 0.29) is 29.6 Å². The molecule has 0 spiro atoms. The van der Waals surface area contributed by atoms with Crippen LogP contribution < -0.4 is 34.7 Å². The zero-order valence-corrected chi connectivity index (χ0v) is 24.3. The minimum absolute atomic E-state index is 0. The van der Waals surface area contributed by atoms with Gasteiger partial charge in [0.1, 0.15) is 67.0 Å². The summed E-state index contributed by atoms with van der Waals surface area (Å²) in [7, 11) is 0. The first-order chi connectivity index (χ1) is 18.7. The maximum Gasteiger partial charge on any atom is 1.00 e. The molecule has 0 aliphatic carbocycles. The fraction of sp³-hybridized carbons (Fsp3) is 0.955. The molecule has 19 heteroatoms. The van der Waals surface area contributed by atoms with Gasteiger partial charge in [0.25, 0.3) is 0 Å². The van der Waals surface area contributed by atoms with Crippen molar-refractivity contribution in [2.75, 3.05) is 19.8 Å². The van der Waals surface area contributed by atoms with Gasteiger partial charge >= 0.3 is 29.6 Å². The zero-order chi connectivity index (χ0) is 30.1. The van der Waals surface area contributed by atoms with Crippen molar-refractivity contribution in [1.82, 2.24) is 0 Å². The number of carbonyl (C=O) groups excluding carboxylic acids is 1. The summed E-state index contributed by atoms with van der Waals surface area (Å²) in [5, 5.41) is 122. The third-order valence-electron chi connectivity index (χ3n) is 7.44. The average Bonchev–Trinajstić information content (AvgIpc) is 2.93. The van der Waals surface area contributed by atoms with Gasteiger partial charge in [-0.1, -0.05) is 6.92 Å². The summed E-state index contributed by atoms with van der Waals surface area (Å²) >= 11 is 0. The predicted molar refractivity (Wildman–Crippen MR) is 119 cm³/mol. The molecule has 0 radical (unpaired) electrons. The van der Waals surface area contributed by atoms with Crippen LogP contribution in [0.15, 0.2) is 0 Å². The smallest absolute Gasteiger partial charge is 0.544 e. The minimum atomic E-state index is -2.77. The molecule has 3 aliphatic heterocycles. The van der Waals surface area contributed by atoms with Crippen LogP contribution in [0, 0.1) is 5.92 Å². The van der Waals surface area contributed by atoms with Crippen molar-refractivity contribution < 1.29 is 119 Å². The Morgan fingerprint density at radius 2 is 1.59 bits per heavy atom. The second-order valence-electron chi connectivity index (χ2n) is 10.1. The standard InChI is InChI=1S/C22H38O18.Na/c1-6-7(25)2-22(21(34)35,40-17(6)11(27)8(26)3-23)36-5-10-12(28)13(29)16(32)20(38-10)39-18-9(4-24)37-19(33)15(31)14(18)30;/h6-20,23-33H,2-5H2,1H3,(H,34,35);/q;+1/p-1/t6-,7-,8-,9?,10?,11-,12+,13+,14-,15?,16?,17?,18-,19-,20+,22-;/m1./s1. The number of carbonyl (C=O) groups is 1. The fourth-order valence-corrected chi connectivity index (χ4v) is 4.82. The van der Waals surface area contributed by atoms with Gasteiger partial charge in [-0.3, -0.25) is 0 Å². The second kappa shape index (κ2) is 15.2. The van der Waals surface area contributed by atoms with Gasteiger partial charge in [-0.15, -0.1) is 0 Å². The number of aliphatic hydroxyl groups excluding tert-OH is 11. The van der Waals surface area contributed by atoms with E-state index in [1.54, 1.807) is 0 Å². The number of carboxylic acid groups (broad SMARTS) is 1. The van der Waals surface area contributed by atoms with Gasteiger partial charge in [0.15, 0.2) is 12.6 Å². The first-order valence-electron chi connectivity index (χ1n) is 12.5. The zero-order valence-electron chi connectivity index (χ0n) is 22.3. The number of hydrogen-bond acceptors (Lipinski definition) is 18. The third-order valence-corrected chi connectivity index (χ3v) is 7.44. The van der Waals surface area contributed by atoms with Crippen molar-refractivity contribution in [3.05, 3.63) is 0 Å². The number of carboxylic acids is 1. The molecule has 3 rings (SSSR count). The van der Waals surface area contributed by atoms with Crippen molar-refractivity contribution in [1.29, 1.82) is 0 Å². The van der Waals surface area contributed by atoms with Crippen LogP contribution in [0.1, 0.15) is 13.3 Å². The van der Waals surface area contributed by atoms with Crippen LogP contribution in [0.5, 0.6) is 0 Å². The van der Waals surface area contributed by atoms with E-state index in [9.17, 15) is 61.0 Å². The Balaban J connectivity index is 0.00000588. The van der Waals surface area contributed by atoms with Crippen LogP contribution in [0.3, 0.4) is 0 Å². The Morgan fingerprint density at radius 1 is 0.951 bits per heavy atom. The number of aliphatic carboxylic acids is 1. The van der Waals surface area contributed by atoms with Crippen LogP contribution >= 0.6 is 0 Å². The fourth-order valence-electron chi connectivity index (χ4n) is 4.82. The molecule has 0 saturated carbocycles. The summed E-state index contributed by atoms with van der Waals surface area (Å²) in [6, 6.07) is 0. The van der Waals surface area contributed by atoms with E-state index >= 15 is 0 Å². The van der Waals surface area contributed by atoms with Crippen LogP contribution in [-0.4, -0.2) is 174 Å². The van der Waals surface area contributed by atoms with E-state index in [0.29, 0.717) is 0 Å². The molecule has 0 aromatic heterocycles. The third kappa shape index (κ3) is 7.74. The number of rotatable bonds is 10. The molecule has 41 heavy (non-hydrogen) atoms. The molecule has 3 heterocycles. The molecule has 3 aliphatic rings. The molecule has 5 unspecified atom stereocenters. The summed E-state index contributed by atoms with van der Waals surface area (Å²) in [6.45, 7) is -1.27. The molecule has 3 fully saturated rings. The summed E-state index contributed by atoms with van der Waals surface area (Å²) in [5.74, 6) is -5.74. The van der Waals surface area contributed by atoms with Gasteiger partial charge in [0, 0.05) is 12.3 Å². The summed E-state index contributed by atoms with van der Waals surface area (Å²) in [6.07, 6.45) is -25.6. The molecule has 16 atom stereocenters. The largest absolute Gasteiger partial charge is 1.00 e. The monoisotopic (exact) mass is 612 g/mol. The van der Waals surface area contributed by atoms with Crippen molar-refractivity contribution in [2.45, 2.75) is 105 Å². The molecule has 0 aromatic rings. The maximum absolute atomic E-state index is 12.1. The van der Waals surface area contributed by atoms with Crippen LogP contribution in [0.2, 0.25) is 0 Å². The van der Waals surface area contributed by atoms with Gasteiger partial charge in [-0.25, -0.2) is 0 Å². The van der Waals surface area contributed by atoms with Crippen LogP contribution in [0.4, 0.5) is 0 Å². The molecular weight excluding hydrogens is 575 g/mol. The van der Waals surface area contributed by atoms with Crippen molar-refractivity contribution in [3.8, 4) is 0 Å². The van der Waals surface area contributed by atoms with Gasteiger partial charge in [-0.05, 0) is 0 Å². The van der Waals surface area contributed by atoms with E-state index in [4.69, 9.17) is 28.8 Å². The number of ether oxygens (including phenoxy) is 5. The Morgan fingerprint density at radius 3 is 2.15 bits per heavy atom. The van der Waals surface area contributed by atoms with E-state index in [1.807, 2.05) is 0 Å². The van der Waals surface area contributed by atoms with E-state index in [0.717, 1.165) is 0 Å². The summed E-state index contributed by atoms with van der Waals surface area (Å²) in [4.78, 5) is 12.1. The molecule has 11 N–H and O–H groups in total. The molecule has 3 saturated heterocycles. The van der Waals surface area contributed by atoms with Gasteiger partial charge in [0.05, 0.1) is 32.0 Å². The van der Waals surface area contributed by atoms with Crippen molar-refractivity contribution in [2.24, 2.45) is 5.92 Å². The van der Waals surface area contributed by atoms with E-state index < -0.39 is 130 Å². The molecule has 0 aromatic carbocycles. The maximum atomic E-state index is 12.1. The van der Waals surface area contributed by atoms with Gasteiger partial charge in [-0.2, -0.15) is 0 Å². The second-order valence-corrected chi connectivity index (χ2v) is 10.1. The Hall–Kier alpha value is -0.170. The Bertz CT molecular complexity index is 838. The summed E-state index contributed by atoms with van der Waals surface area (Å²) < 4.78 is 26.6. The van der Waals surface area contributed by atoms with Crippen LogP contribution in [0.25, 0.3) is 0 Å². The van der Waals surface area contributed by atoms with Crippen molar-refractivity contribution in [3.63, 3.8) is 0 Å². The quantitative estimate of drug-likeness (QED) is 0.102. The Labute approximate surface area is 255 Å². The molecule has 234 valence electrons. The van der Waals surface area contributed by atoms with Crippen LogP contribution in [-0.2, 0) is 28.5 Å². The molecule has 0 amide bonds. The van der Waals surface area contributed by atoms with Crippen molar-refractivity contribution >= 4 is 5.97 Å². The molecule has 18 nitrogen and oxygen atoms in total. The SMILES string of the molecule is C[C@H]1C([C@H](O)[C@H](O)CO)O[C@@](OCC2O[C@@H](O[C@@H]3C(CO)O[C@@H](O)C(O)[C@H]3O)C(O)[C@@H](O)[C@H]2O)(C(=O)[O-])C[C@H]1O.[Na+]. The van der Waals surface area contributed by atoms with Gasteiger partial charge < -0.3 is 89.8 Å². The molecule has 0 bridgehead atoms. The first-order valence-corrected chi connectivity index (χ1v) is 12.5. The number of aliphatic hydroxyl groups is 11. The first kappa shape index (κ1) is 37.0. The number of hydrogen-bond donors (Lipinski definition) is 11. The van der Waals surface area contributed by atoms with E-state index in [1.165, 1.54) is 6.92 Å². The van der Waals surface area contributed by atoms with Gasteiger partial charge in [0.2, 0.25) is 5.79 Å². The normalized spacial score (nSPS) is 46.8. The molecular formula is C22H37NaO18. The topological polar surface area (TPSA) is 309 Å². The van der Waals surface area contributed by atoms with E-state index in [2.05, 4.69) is 0 Å². The summed E-state index contributed by atoms with van der Waals surface area (Å²) in [5.41, 5.74) is 0. The minimum Gasteiger partial charge on any atom is -0.544 e. The Kier molecular flexibility index (Phi) is 13.7. The predicted octanol–water partition coefficient (Wildman–Crippen LogP) is -11.4. The average molecular weight is 613 g/mol.